The van der Waals surface area contributed by atoms with Crippen molar-refractivity contribution in [1.82, 2.24) is 0 Å². The highest BCUT2D eigenvalue weighted by molar-refractivity contribution is 7.92. The Kier molecular flexibility index (Phi) is 4.22. The van der Waals surface area contributed by atoms with E-state index in [0.717, 1.165) is 6.07 Å². The fourth-order valence-electron chi connectivity index (χ4n) is 1.56. The highest BCUT2D eigenvalue weighted by Crippen LogP contribution is 2.24. The molecule has 0 unspecified atom stereocenters. The lowest BCUT2D eigenvalue weighted by Gasteiger charge is -2.09. The molecule has 0 amide bonds. The Morgan fingerprint density at radius 1 is 1.05 bits per heavy atom. The lowest BCUT2D eigenvalue weighted by atomic mass is 10.2. The number of nitrogens with one attached hydrogen (secondary N) is 1. The van der Waals surface area contributed by atoms with Gasteiger partial charge >= 0.3 is 0 Å². The van der Waals surface area contributed by atoms with Gasteiger partial charge in [0.15, 0.2) is 0 Å². The minimum Gasteiger partial charge on any atom is -0.280 e. The van der Waals surface area contributed by atoms with E-state index in [1.54, 1.807) is 6.92 Å². The molecule has 2 aromatic rings. The second-order valence-electron chi connectivity index (χ2n) is 4.15. The van der Waals surface area contributed by atoms with Crippen molar-refractivity contribution in [3.63, 3.8) is 0 Å². The van der Waals surface area contributed by atoms with Gasteiger partial charge in [-0.2, -0.15) is 0 Å². The number of aryl methyl sites for hydroxylation is 1. The Morgan fingerprint density at radius 3 is 2.35 bits per heavy atom. The van der Waals surface area contributed by atoms with Gasteiger partial charge in [0.1, 0.15) is 5.82 Å². The summed E-state index contributed by atoms with van der Waals surface area (Å²) in [6, 6.07) is 7.94. The molecular formula is C13H10Cl2FNO2S. The summed E-state index contributed by atoms with van der Waals surface area (Å²) in [4.78, 5) is 0.0693. The second-order valence-corrected chi connectivity index (χ2v) is 6.64. The average Bonchev–Trinajstić information content (AvgIpc) is 2.37. The summed E-state index contributed by atoms with van der Waals surface area (Å²) >= 11 is 11.5. The van der Waals surface area contributed by atoms with Crippen LogP contribution >= 0.6 is 23.2 Å². The van der Waals surface area contributed by atoms with Gasteiger partial charge < -0.3 is 0 Å². The number of benzene rings is 2. The van der Waals surface area contributed by atoms with E-state index in [1.165, 1.54) is 30.3 Å². The Hall–Kier alpha value is -1.30. The van der Waals surface area contributed by atoms with E-state index in [1.807, 2.05) is 0 Å². The number of rotatable bonds is 3. The van der Waals surface area contributed by atoms with Gasteiger partial charge in [0.25, 0.3) is 10.0 Å². The van der Waals surface area contributed by atoms with E-state index in [4.69, 9.17) is 23.2 Å². The van der Waals surface area contributed by atoms with Gasteiger partial charge in [-0.1, -0.05) is 23.2 Å². The summed E-state index contributed by atoms with van der Waals surface area (Å²) in [5.41, 5.74) is 0.829. The van der Waals surface area contributed by atoms with Crippen LogP contribution in [-0.2, 0) is 10.0 Å². The molecule has 106 valence electrons. The normalized spacial score (nSPS) is 11.4. The molecule has 1 N–H and O–H groups in total. The lowest BCUT2D eigenvalue weighted by Crippen LogP contribution is -2.13. The van der Waals surface area contributed by atoms with Crippen molar-refractivity contribution < 1.29 is 12.8 Å². The van der Waals surface area contributed by atoms with Crippen molar-refractivity contribution in [2.45, 2.75) is 11.8 Å². The standard InChI is InChI=1S/C13H10Cl2FNO2S/c1-8-6-10(3-4-11(8)14)20(18,19)17-9-2-5-13(16)12(15)7-9/h2-7,17H,1H3. The number of halogens is 3. The van der Waals surface area contributed by atoms with Gasteiger partial charge in [-0.25, -0.2) is 12.8 Å². The Labute approximate surface area is 126 Å². The summed E-state index contributed by atoms with van der Waals surface area (Å²) in [6.45, 7) is 1.70. The molecule has 0 aliphatic rings. The first kappa shape index (κ1) is 15.1. The van der Waals surface area contributed by atoms with E-state index in [2.05, 4.69) is 4.72 Å². The van der Waals surface area contributed by atoms with Gasteiger partial charge in [-0.05, 0) is 48.9 Å². The predicted octanol–water partition coefficient (Wildman–Crippen LogP) is 4.24. The van der Waals surface area contributed by atoms with Crippen LogP contribution in [0.2, 0.25) is 10.0 Å². The average molecular weight is 334 g/mol. The molecule has 0 aliphatic heterocycles. The first-order valence-electron chi connectivity index (χ1n) is 5.53. The monoisotopic (exact) mass is 333 g/mol. The fraction of sp³-hybridized carbons (Fsp3) is 0.0769. The molecule has 0 heterocycles. The van der Waals surface area contributed by atoms with Crippen LogP contribution in [0.1, 0.15) is 5.56 Å². The third-order valence-corrected chi connectivity index (χ3v) is 4.70. The van der Waals surface area contributed by atoms with Crippen LogP contribution in [0.3, 0.4) is 0 Å². The summed E-state index contributed by atoms with van der Waals surface area (Å²) in [5.74, 6) is -0.614. The smallest absolute Gasteiger partial charge is 0.261 e. The molecule has 0 saturated carbocycles. The molecule has 0 aromatic heterocycles. The van der Waals surface area contributed by atoms with E-state index in [9.17, 15) is 12.8 Å². The predicted molar refractivity (Wildman–Crippen MR) is 78.4 cm³/mol. The zero-order chi connectivity index (χ0) is 14.9. The van der Waals surface area contributed by atoms with Crippen molar-refractivity contribution in [3.05, 3.63) is 57.8 Å². The van der Waals surface area contributed by atoms with E-state index in [0.29, 0.717) is 10.6 Å². The molecule has 2 rings (SSSR count). The third-order valence-electron chi connectivity index (χ3n) is 2.61. The van der Waals surface area contributed by atoms with Crippen molar-refractivity contribution in [1.29, 1.82) is 0 Å². The van der Waals surface area contributed by atoms with E-state index in [-0.39, 0.29) is 15.6 Å². The molecule has 0 fully saturated rings. The van der Waals surface area contributed by atoms with Gasteiger partial charge in [-0.15, -0.1) is 0 Å². The summed E-state index contributed by atoms with van der Waals surface area (Å²) in [7, 11) is -3.77. The molecule has 0 radical (unpaired) electrons. The number of anilines is 1. The zero-order valence-electron chi connectivity index (χ0n) is 10.3. The number of sulfonamides is 1. The van der Waals surface area contributed by atoms with Crippen molar-refractivity contribution in [3.8, 4) is 0 Å². The number of hydrogen-bond donors (Lipinski definition) is 1. The van der Waals surface area contributed by atoms with Crippen LogP contribution in [0.4, 0.5) is 10.1 Å². The SMILES string of the molecule is Cc1cc(S(=O)(=O)Nc2ccc(F)c(Cl)c2)ccc1Cl. The molecule has 7 heteroatoms. The highest BCUT2D eigenvalue weighted by Gasteiger charge is 2.15. The molecule has 0 bridgehead atoms. The summed E-state index contributed by atoms with van der Waals surface area (Å²) in [5, 5.41) is 0.325. The lowest BCUT2D eigenvalue weighted by molar-refractivity contribution is 0.601. The first-order chi connectivity index (χ1) is 9.29. The van der Waals surface area contributed by atoms with Crippen LogP contribution in [0, 0.1) is 12.7 Å². The second kappa shape index (κ2) is 5.60. The quantitative estimate of drug-likeness (QED) is 0.912. The topological polar surface area (TPSA) is 46.2 Å². The number of hydrogen-bond acceptors (Lipinski definition) is 2. The molecule has 20 heavy (non-hydrogen) atoms. The highest BCUT2D eigenvalue weighted by atomic mass is 35.5. The van der Waals surface area contributed by atoms with Crippen LogP contribution in [-0.4, -0.2) is 8.42 Å². The van der Waals surface area contributed by atoms with Gasteiger partial charge in [0.05, 0.1) is 15.6 Å². The van der Waals surface area contributed by atoms with Gasteiger partial charge in [0, 0.05) is 5.02 Å². The molecule has 0 spiro atoms. The summed E-state index contributed by atoms with van der Waals surface area (Å²) < 4.78 is 39.7. The molecule has 0 aliphatic carbocycles. The van der Waals surface area contributed by atoms with Crippen LogP contribution in [0.15, 0.2) is 41.3 Å². The molecular weight excluding hydrogens is 324 g/mol. The van der Waals surface area contributed by atoms with Crippen molar-refractivity contribution >= 4 is 38.9 Å². The van der Waals surface area contributed by atoms with Gasteiger partial charge in [0.2, 0.25) is 0 Å². The molecule has 2 aromatic carbocycles. The Bertz CT molecular complexity index is 763. The minimum atomic E-state index is -3.77. The maximum absolute atomic E-state index is 13.0. The van der Waals surface area contributed by atoms with E-state index < -0.39 is 15.8 Å². The third kappa shape index (κ3) is 3.23. The fourth-order valence-corrected chi connectivity index (χ4v) is 2.99. The minimum absolute atomic E-state index is 0.0693. The maximum Gasteiger partial charge on any atom is 0.261 e. The van der Waals surface area contributed by atoms with Crippen molar-refractivity contribution in [2.24, 2.45) is 0 Å². The Morgan fingerprint density at radius 2 is 1.75 bits per heavy atom. The van der Waals surface area contributed by atoms with Crippen LogP contribution in [0.5, 0.6) is 0 Å². The van der Waals surface area contributed by atoms with Crippen LogP contribution < -0.4 is 4.72 Å². The molecule has 0 atom stereocenters. The zero-order valence-corrected chi connectivity index (χ0v) is 12.7. The first-order valence-corrected chi connectivity index (χ1v) is 7.77. The largest absolute Gasteiger partial charge is 0.280 e. The Balaban J connectivity index is 2.35. The molecule has 0 saturated heterocycles. The summed E-state index contributed by atoms with van der Waals surface area (Å²) in [6.07, 6.45) is 0. The molecule has 3 nitrogen and oxygen atoms in total. The van der Waals surface area contributed by atoms with E-state index >= 15 is 0 Å². The van der Waals surface area contributed by atoms with Crippen molar-refractivity contribution in [2.75, 3.05) is 4.72 Å². The van der Waals surface area contributed by atoms with Gasteiger partial charge in [-0.3, -0.25) is 4.72 Å². The van der Waals surface area contributed by atoms with Crippen LogP contribution in [0.25, 0.3) is 0 Å². The maximum atomic E-state index is 13.0.